The van der Waals surface area contributed by atoms with Gasteiger partial charge in [-0.3, -0.25) is 0 Å². The third kappa shape index (κ3) is 2.53. The first-order valence-corrected chi connectivity index (χ1v) is 5.11. The lowest BCUT2D eigenvalue weighted by Crippen LogP contribution is -2.27. The number of aromatic nitrogens is 4. The second-order valence-electron chi connectivity index (χ2n) is 5.33. The topological polar surface area (TPSA) is 54.5 Å². The highest BCUT2D eigenvalue weighted by atomic mass is 15.5. The number of nitrogens with one attached hydrogen (secondary N) is 1. The van der Waals surface area contributed by atoms with Crippen LogP contribution in [0.5, 0.6) is 0 Å². The molecule has 0 amide bonds. The van der Waals surface area contributed by atoms with Gasteiger partial charge in [-0.25, -0.2) is 5.10 Å². The molecule has 0 unspecified atom stereocenters. The van der Waals surface area contributed by atoms with Gasteiger partial charge >= 0.3 is 0 Å². The van der Waals surface area contributed by atoms with Crippen molar-refractivity contribution in [2.24, 2.45) is 5.41 Å². The van der Waals surface area contributed by atoms with Crippen molar-refractivity contribution in [3.63, 3.8) is 0 Å². The molecule has 0 aliphatic rings. The molecule has 80 valence electrons. The summed E-state index contributed by atoms with van der Waals surface area (Å²) in [7, 11) is 0. The molecule has 1 aromatic heterocycles. The summed E-state index contributed by atoms with van der Waals surface area (Å²) in [6.07, 6.45) is 2.24. The number of hydrogen-bond acceptors (Lipinski definition) is 3. The van der Waals surface area contributed by atoms with Crippen LogP contribution in [-0.2, 0) is 5.41 Å². The summed E-state index contributed by atoms with van der Waals surface area (Å²) in [5.74, 6) is 0.874. The Kier molecular flexibility index (Phi) is 2.92. The molecule has 0 aliphatic heterocycles. The SMILES string of the molecule is CCC(C)(C)CC(C)(C)c1nnn[nH]1. The molecule has 0 aliphatic carbocycles. The van der Waals surface area contributed by atoms with Crippen molar-refractivity contribution in [2.75, 3.05) is 0 Å². The number of aromatic amines is 1. The number of rotatable bonds is 4. The number of tetrazole rings is 1. The lowest BCUT2D eigenvalue weighted by molar-refractivity contribution is 0.241. The first-order valence-electron chi connectivity index (χ1n) is 5.11. The van der Waals surface area contributed by atoms with Gasteiger partial charge in [-0.1, -0.05) is 41.0 Å². The van der Waals surface area contributed by atoms with E-state index in [0.717, 1.165) is 18.7 Å². The van der Waals surface area contributed by atoms with Gasteiger partial charge in [0, 0.05) is 5.41 Å². The van der Waals surface area contributed by atoms with Crippen LogP contribution in [0.15, 0.2) is 0 Å². The highest BCUT2D eigenvalue weighted by Crippen LogP contribution is 2.36. The van der Waals surface area contributed by atoms with Gasteiger partial charge in [-0.05, 0) is 22.3 Å². The van der Waals surface area contributed by atoms with Crippen molar-refractivity contribution < 1.29 is 0 Å². The molecule has 0 atom stereocenters. The van der Waals surface area contributed by atoms with Gasteiger partial charge in [0.1, 0.15) is 0 Å². The first-order chi connectivity index (χ1) is 6.37. The monoisotopic (exact) mass is 196 g/mol. The third-order valence-electron chi connectivity index (χ3n) is 2.86. The van der Waals surface area contributed by atoms with E-state index in [-0.39, 0.29) is 5.41 Å². The fourth-order valence-electron chi connectivity index (χ4n) is 1.85. The molecule has 1 rings (SSSR count). The second kappa shape index (κ2) is 3.67. The minimum Gasteiger partial charge on any atom is -0.242 e. The zero-order chi connectivity index (χ0) is 10.8. The van der Waals surface area contributed by atoms with Crippen molar-refractivity contribution in [1.29, 1.82) is 0 Å². The molecule has 0 saturated heterocycles. The summed E-state index contributed by atoms with van der Waals surface area (Å²) < 4.78 is 0. The number of H-pyrrole nitrogens is 1. The normalized spacial score (nSPS) is 13.2. The molecule has 14 heavy (non-hydrogen) atoms. The van der Waals surface area contributed by atoms with Crippen LogP contribution >= 0.6 is 0 Å². The van der Waals surface area contributed by atoms with Gasteiger partial charge in [0.15, 0.2) is 5.82 Å². The Morgan fingerprint density at radius 3 is 2.29 bits per heavy atom. The molecule has 0 saturated carbocycles. The molecule has 4 nitrogen and oxygen atoms in total. The Balaban J connectivity index is 2.77. The summed E-state index contributed by atoms with van der Waals surface area (Å²) >= 11 is 0. The molecule has 0 fully saturated rings. The maximum Gasteiger partial charge on any atom is 0.154 e. The third-order valence-corrected chi connectivity index (χ3v) is 2.86. The Labute approximate surface area is 85.5 Å². The first kappa shape index (κ1) is 11.1. The van der Waals surface area contributed by atoms with E-state index in [0.29, 0.717) is 5.41 Å². The average molecular weight is 196 g/mol. The Morgan fingerprint density at radius 2 is 1.86 bits per heavy atom. The van der Waals surface area contributed by atoms with Crippen molar-refractivity contribution in [3.8, 4) is 0 Å². The molecular formula is C10H20N4. The molecule has 0 spiro atoms. The fraction of sp³-hybridized carbons (Fsp3) is 0.900. The molecule has 0 aromatic carbocycles. The minimum absolute atomic E-state index is 0.0169. The van der Waals surface area contributed by atoms with Crippen molar-refractivity contribution in [2.45, 2.75) is 52.9 Å². The van der Waals surface area contributed by atoms with Gasteiger partial charge in [0.2, 0.25) is 0 Å². The zero-order valence-electron chi connectivity index (χ0n) is 9.76. The summed E-state index contributed by atoms with van der Waals surface area (Å²) in [4.78, 5) is 0. The van der Waals surface area contributed by atoms with Gasteiger partial charge in [-0.15, -0.1) is 5.10 Å². The van der Waals surface area contributed by atoms with E-state index in [1.54, 1.807) is 0 Å². The predicted octanol–water partition coefficient (Wildman–Crippen LogP) is 2.30. The maximum atomic E-state index is 3.99. The van der Waals surface area contributed by atoms with E-state index < -0.39 is 0 Å². The minimum atomic E-state index is 0.0169. The molecule has 1 aromatic rings. The van der Waals surface area contributed by atoms with E-state index in [1.165, 1.54) is 0 Å². The van der Waals surface area contributed by atoms with Crippen LogP contribution in [-0.4, -0.2) is 20.6 Å². The fourth-order valence-corrected chi connectivity index (χ4v) is 1.85. The standard InChI is InChI=1S/C10H20N4/c1-6-9(2,3)7-10(4,5)8-11-13-14-12-8/h6-7H2,1-5H3,(H,11,12,13,14). The van der Waals surface area contributed by atoms with E-state index in [1.807, 2.05) is 0 Å². The summed E-state index contributed by atoms with van der Waals surface area (Å²) in [6.45, 7) is 11.1. The van der Waals surface area contributed by atoms with E-state index in [2.05, 4.69) is 55.2 Å². The average Bonchev–Trinajstić information content (AvgIpc) is 2.54. The van der Waals surface area contributed by atoms with Crippen molar-refractivity contribution in [1.82, 2.24) is 20.6 Å². The second-order valence-corrected chi connectivity index (χ2v) is 5.33. The van der Waals surface area contributed by atoms with E-state index in [9.17, 15) is 0 Å². The lowest BCUT2D eigenvalue weighted by atomic mass is 9.73. The van der Waals surface area contributed by atoms with Gasteiger partial charge in [0.05, 0.1) is 0 Å². The van der Waals surface area contributed by atoms with Crippen LogP contribution in [0.2, 0.25) is 0 Å². The van der Waals surface area contributed by atoms with Gasteiger partial charge < -0.3 is 0 Å². The molecule has 0 bridgehead atoms. The van der Waals surface area contributed by atoms with E-state index in [4.69, 9.17) is 0 Å². The van der Waals surface area contributed by atoms with E-state index >= 15 is 0 Å². The quantitative estimate of drug-likeness (QED) is 0.804. The molecule has 1 N–H and O–H groups in total. The Hall–Kier alpha value is -0.930. The van der Waals surface area contributed by atoms with Gasteiger partial charge in [0.25, 0.3) is 0 Å². The summed E-state index contributed by atoms with van der Waals surface area (Å²) in [5, 5.41) is 14.1. The Morgan fingerprint density at radius 1 is 1.21 bits per heavy atom. The molecule has 1 heterocycles. The van der Waals surface area contributed by atoms with Crippen molar-refractivity contribution >= 4 is 0 Å². The summed E-state index contributed by atoms with van der Waals surface area (Å²) in [6, 6.07) is 0. The lowest BCUT2D eigenvalue weighted by Gasteiger charge is -2.32. The van der Waals surface area contributed by atoms with Crippen molar-refractivity contribution in [3.05, 3.63) is 5.82 Å². The number of nitrogens with zero attached hydrogens (tertiary/aromatic N) is 3. The predicted molar refractivity (Wildman–Crippen MR) is 55.9 cm³/mol. The molecule has 4 heteroatoms. The van der Waals surface area contributed by atoms with Crippen LogP contribution in [0.4, 0.5) is 0 Å². The Bertz CT molecular complexity index is 274. The maximum absolute atomic E-state index is 3.99. The van der Waals surface area contributed by atoms with Crippen LogP contribution in [0.25, 0.3) is 0 Å². The largest absolute Gasteiger partial charge is 0.242 e. The van der Waals surface area contributed by atoms with Crippen LogP contribution in [0.3, 0.4) is 0 Å². The van der Waals surface area contributed by atoms with Gasteiger partial charge in [-0.2, -0.15) is 0 Å². The highest BCUT2D eigenvalue weighted by Gasteiger charge is 2.31. The summed E-state index contributed by atoms with van der Waals surface area (Å²) in [5.41, 5.74) is 0.347. The van der Waals surface area contributed by atoms with Crippen LogP contribution in [0, 0.1) is 5.41 Å². The zero-order valence-corrected chi connectivity index (χ0v) is 9.76. The van der Waals surface area contributed by atoms with Crippen LogP contribution in [0.1, 0.15) is 53.3 Å². The number of hydrogen-bond donors (Lipinski definition) is 1. The molecular weight excluding hydrogens is 176 g/mol. The highest BCUT2D eigenvalue weighted by molar-refractivity contribution is 5.01. The molecule has 0 radical (unpaired) electrons. The van der Waals surface area contributed by atoms with Crippen LogP contribution < -0.4 is 0 Å². The smallest absolute Gasteiger partial charge is 0.154 e.